The van der Waals surface area contributed by atoms with Gasteiger partial charge in [0.05, 0.1) is 0 Å². The second-order valence-electron chi connectivity index (χ2n) is 17.1. The number of benzene rings is 4. The van der Waals surface area contributed by atoms with Crippen molar-refractivity contribution in [2.45, 2.75) is 72.6 Å². The van der Waals surface area contributed by atoms with E-state index in [4.69, 9.17) is 23.2 Å². The van der Waals surface area contributed by atoms with Gasteiger partial charge < -0.3 is 0 Å². The molecule has 1 atom stereocenters. The van der Waals surface area contributed by atoms with Crippen molar-refractivity contribution >= 4 is 42.8 Å². The van der Waals surface area contributed by atoms with Crippen LogP contribution in [0.3, 0.4) is 0 Å². The van der Waals surface area contributed by atoms with Crippen molar-refractivity contribution in [3.8, 4) is 11.1 Å². The van der Waals surface area contributed by atoms with Crippen LogP contribution in [-0.2, 0) is 36.5 Å². The SMILES string of the molecule is CC1C=C(C(C)(C)C)C=[C]1[Zr](=[CH]c1ccc(Cl)cc1)(=[CH]c1ccc(Cl)cc1)[C]1=Cc2cc3c(cc2C1(C)C)Cc1cc2c(cc1-3)C=CC2(C)C. The molecule has 1 unspecified atom stereocenters. The van der Waals surface area contributed by atoms with Crippen molar-refractivity contribution in [1.82, 2.24) is 0 Å². The molecule has 0 bridgehead atoms. The summed E-state index contributed by atoms with van der Waals surface area (Å²) in [5.41, 5.74) is 15.3. The summed E-state index contributed by atoms with van der Waals surface area (Å²) in [5.74, 6) is 0.337. The van der Waals surface area contributed by atoms with Crippen LogP contribution in [-0.4, -0.2) is 7.42 Å². The molecule has 50 heavy (non-hydrogen) atoms. The number of halogens is 2. The second kappa shape index (κ2) is 11.8. The zero-order valence-electron chi connectivity index (χ0n) is 30.5. The van der Waals surface area contributed by atoms with Crippen LogP contribution in [0.1, 0.15) is 99.9 Å². The van der Waals surface area contributed by atoms with Crippen LogP contribution in [0.5, 0.6) is 0 Å². The molecule has 4 aromatic carbocycles. The number of fused-ring (bicyclic) bond motifs is 5. The molecular formula is C47H46Cl2Zr. The molecule has 0 saturated heterocycles. The van der Waals surface area contributed by atoms with Gasteiger partial charge in [0.2, 0.25) is 0 Å². The van der Waals surface area contributed by atoms with E-state index in [1.165, 1.54) is 61.2 Å². The van der Waals surface area contributed by atoms with Gasteiger partial charge in [0, 0.05) is 0 Å². The zero-order valence-corrected chi connectivity index (χ0v) is 34.5. The fourth-order valence-electron chi connectivity index (χ4n) is 9.02. The molecule has 0 heterocycles. The number of hydrogen-bond acceptors (Lipinski definition) is 0. The minimum atomic E-state index is -3.91. The van der Waals surface area contributed by atoms with Gasteiger partial charge in [-0.05, 0) is 0 Å². The van der Waals surface area contributed by atoms with Gasteiger partial charge >= 0.3 is 315 Å². The normalized spacial score (nSPS) is 19.0. The van der Waals surface area contributed by atoms with Gasteiger partial charge in [-0.25, -0.2) is 0 Å². The van der Waals surface area contributed by atoms with Crippen LogP contribution in [0.2, 0.25) is 10.0 Å². The maximum atomic E-state index is 6.46. The van der Waals surface area contributed by atoms with Crippen molar-refractivity contribution in [1.29, 1.82) is 0 Å². The van der Waals surface area contributed by atoms with E-state index in [0.717, 1.165) is 16.5 Å². The Kier molecular flexibility index (Phi) is 8.05. The van der Waals surface area contributed by atoms with Crippen LogP contribution < -0.4 is 0 Å². The summed E-state index contributed by atoms with van der Waals surface area (Å²) >= 11 is 9.01. The molecule has 4 aromatic rings. The third-order valence-electron chi connectivity index (χ3n) is 11.8. The van der Waals surface area contributed by atoms with E-state index in [9.17, 15) is 0 Å². The van der Waals surface area contributed by atoms with E-state index in [0.29, 0.717) is 5.92 Å². The topological polar surface area (TPSA) is 0 Å². The second-order valence-corrected chi connectivity index (χ2v) is 26.4. The van der Waals surface area contributed by atoms with Gasteiger partial charge in [-0.3, -0.25) is 0 Å². The van der Waals surface area contributed by atoms with Gasteiger partial charge in [-0.1, -0.05) is 0 Å². The monoisotopic (exact) mass is 770 g/mol. The Morgan fingerprint density at radius 2 is 1.26 bits per heavy atom. The molecule has 252 valence electrons. The van der Waals surface area contributed by atoms with Gasteiger partial charge in [0.1, 0.15) is 0 Å². The summed E-state index contributed by atoms with van der Waals surface area (Å²) in [6.07, 6.45) is 13.4. The summed E-state index contributed by atoms with van der Waals surface area (Å²) in [4.78, 5) is 0. The van der Waals surface area contributed by atoms with Crippen molar-refractivity contribution < 1.29 is 19.3 Å². The molecule has 0 N–H and O–H groups in total. The standard InChI is InChI=1S/C23H21.C10H15.2C7H5Cl.Zr/c1-22(2)7-5-14-10-18-16(12-20(14)22)9-17-13-21-15(11-19(17)18)6-8-23(21,3)4;1-8-5-6-9(7-8)10(2,3)4;2*1-6-2-4-7(8)5-3-6;/h5-7,10-13H,9H2,1-4H3;6-8H,1-4H3;2*1-5H;. The summed E-state index contributed by atoms with van der Waals surface area (Å²) in [5, 5.41) is 1.53. The Balaban J connectivity index is 1.40. The summed E-state index contributed by atoms with van der Waals surface area (Å²) < 4.78 is 8.59. The summed E-state index contributed by atoms with van der Waals surface area (Å²) in [6, 6.07) is 27.0. The van der Waals surface area contributed by atoms with E-state index in [2.05, 4.69) is 142 Å². The van der Waals surface area contributed by atoms with Gasteiger partial charge in [0.15, 0.2) is 0 Å². The Labute approximate surface area is 312 Å². The van der Waals surface area contributed by atoms with Gasteiger partial charge in [0.25, 0.3) is 0 Å². The Bertz CT molecular complexity index is 2300. The molecule has 3 heteroatoms. The molecule has 8 rings (SSSR count). The minimum absolute atomic E-state index is 0.0650. The van der Waals surface area contributed by atoms with Crippen LogP contribution >= 0.6 is 23.2 Å². The molecule has 0 spiro atoms. The first-order chi connectivity index (χ1) is 23.5. The number of rotatable bonds is 4. The molecule has 0 fully saturated rings. The predicted octanol–water partition coefficient (Wildman–Crippen LogP) is 12.9. The molecule has 0 radical (unpaired) electrons. The predicted molar refractivity (Wildman–Crippen MR) is 216 cm³/mol. The van der Waals surface area contributed by atoms with Crippen LogP contribution in [0, 0.1) is 11.3 Å². The summed E-state index contributed by atoms with van der Waals surface area (Å²) in [6.45, 7) is 19.1. The number of allylic oxidation sites excluding steroid dienone is 6. The Morgan fingerprint density at radius 1 is 0.720 bits per heavy atom. The van der Waals surface area contributed by atoms with Crippen LogP contribution in [0.25, 0.3) is 23.3 Å². The molecule has 4 aliphatic rings. The van der Waals surface area contributed by atoms with Crippen LogP contribution in [0.15, 0.2) is 103 Å². The average Bonchev–Trinajstić information content (AvgIpc) is 3.78. The van der Waals surface area contributed by atoms with Gasteiger partial charge in [-0.15, -0.1) is 0 Å². The van der Waals surface area contributed by atoms with Gasteiger partial charge in [-0.2, -0.15) is 0 Å². The van der Waals surface area contributed by atoms with Crippen molar-refractivity contribution in [2.75, 3.05) is 0 Å². The Morgan fingerprint density at radius 3 is 1.80 bits per heavy atom. The Hall–Kier alpha value is -2.96. The van der Waals surface area contributed by atoms with E-state index in [1.54, 1.807) is 6.56 Å². The molecule has 0 aromatic heterocycles. The van der Waals surface area contributed by atoms with Crippen LogP contribution in [0.4, 0.5) is 0 Å². The molecule has 0 saturated carbocycles. The molecule has 0 amide bonds. The van der Waals surface area contributed by atoms with E-state index >= 15 is 0 Å². The fourth-order valence-corrected chi connectivity index (χ4v) is 22.2. The molecule has 0 nitrogen and oxygen atoms in total. The first-order valence-electron chi connectivity index (χ1n) is 18.0. The first-order valence-corrected chi connectivity index (χ1v) is 24.0. The first kappa shape index (κ1) is 34.1. The van der Waals surface area contributed by atoms with Crippen molar-refractivity contribution in [2.24, 2.45) is 11.3 Å². The van der Waals surface area contributed by atoms with E-state index < -0.39 is 19.3 Å². The fraction of sp³-hybridized carbons (Fsp3) is 0.277. The third kappa shape index (κ3) is 5.59. The maximum absolute atomic E-state index is 6.46. The molecule has 4 aliphatic carbocycles. The average molecular weight is 773 g/mol. The van der Waals surface area contributed by atoms with E-state index in [1.807, 2.05) is 24.3 Å². The third-order valence-corrected chi connectivity index (χ3v) is 24.1. The van der Waals surface area contributed by atoms with Crippen molar-refractivity contribution in [3.05, 3.63) is 158 Å². The zero-order chi connectivity index (χ0) is 35.4. The molecular weight excluding hydrogens is 727 g/mol. The number of hydrogen-bond donors (Lipinski definition) is 0. The van der Waals surface area contributed by atoms with E-state index in [-0.39, 0.29) is 16.2 Å². The quantitative estimate of drug-likeness (QED) is 0.171. The van der Waals surface area contributed by atoms with Crippen molar-refractivity contribution in [3.63, 3.8) is 0 Å². The molecule has 0 aliphatic heterocycles. The summed E-state index contributed by atoms with van der Waals surface area (Å²) in [7, 11) is 0.